The van der Waals surface area contributed by atoms with Gasteiger partial charge in [0.15, 0.2) is 0 Å². The molecule has 0 amide bonds. The molecule has 1 aromatic heterocycles. The molecule has 1 saturated carbocycles. The third-order valence-electron chi connectivity index (χ3n) is 8.05. The van der Waals surface area contributed by atoms with Gasteiger partial charge in [-0.2, -0.15) is 0 Å². The maximum atomic E-state index is 13.2. The van der Waals surface area contributed by atoms with Crippen molar-refractivity contribution in [2.75, 3.05) is 0 Å². The molecule has 32 heavy (non-hydrogen) atoms. The summed E-state index contributed by atoms with van der Waals surface area (Å²) >= 11 is 0. The van der Waals surface area contributed by atoms with E-state index < -0.39 is 23.1 Å². The van der Waals surface area contributed by atoms with E-state index in [9.17, 15) is 14.4 Å². The summed E-state index contributed by atoms with van der Waals surface area (Å²) < 4.78 is 22.7. The fourth-order valence-corrected chi connectivity index (χ4v) is 5.32. The number of fused-ring (bicyclic) bond motifs is 1. The summed E-state index contributed by atoms with van der Waals surface area (Å²) in [5, 5.41) is 0. The number of hydrogen-bond acceptors (Lipinski definition) is 7. The van der Waals surface area contributed by atoms with Gasteiger partial charge in [0, 0.05) is 24.0 Å². The van der Waals surface area contributed by atoms with Crippen LogP contribution in [0.1, 0.15) is 72.0 Å². The lowest BCUT2D eigenvalue weighted by atomic mass is 9.62. The number of rotatable bonds is 7. The highest BCUT2D eigenvalue weighted by molar-refractivity contribution is 5.91. The fraction of sp³-hybridized carbons (Fsp3) is 0.640. The monoisotopic (exact) mass is 444 g/mol. The number of epoxide rings is 1. The van der Waals surface area contributed by atoms with Crippen molar-refractivity contribution in [1.29, 1.82) is 0 Å². The van der Waals surface area contributed by atoms with Gasteiger partial charge in [-0.3, -0.25) is 9.59 Å². The van der Waals surface area contributed by atoms with Gasteiger partial charge >= 0.3 is 11.9 Å². The van der Waals surface area contributed by atoms with Crippen LogP contribution in [0.3, 0.4) is 0 Å². The molecule has 2 aliphatic heterocycles. The summed E-state index contributed by atoms with van der Waals surface area (Å²) in [7, 11) is 0. The number of carbonyl (C=O) groups is 3. The number of furan rings is 1. The summed E-state index contributed by atoms with van der Waals surface area (Å²) in [6, 6.07) is 1.79. The third-order valence-corrected chi connectivity index (χ3v) is 8.05. The third kappa shape index (κ3) is 3.60. The summed E-state index contributed by atoms with van der Waals surface area (Å²) in [5.41, 5.74) is -0.323. The molecular weight excluding hydrogens is 412 g/mol. The first-order valence-electron chi connectivity index (χ1n) is 11.4. The van der Waals surface area contributed by atoms with Gasteiger partial charge in [-0.1, -0.05) is 13.0 Å². The molecule has 0 radical (unpaired) electrons. The Morgan fingerprint density at radius 1 is 1.34 bits per heavy atom. The Balaban J connectivity index is 1.57. The molecule has 0 N–H and O–H groups in total. The summed E-state index contributed by atoms with van der Waals surface area (Å²) in [6.45, 7) is 9.20. The Hall–Kier alpha value is -2.41. The van der Waals surface area contributed by atoms with Gasteiger partial charge < -0.3 is 18.6 Å². The van der Waals surface area contributed by atoms with Crippen LogP contribution < -0.4 is 0 Å². The van der Waals surface area contributed by atoms with Gasteiger partial charge in [0.25, 0.3) is 0 Å². The normalized spacial score (nSPS) is 36.3. The fourth-order valence-electron chi connectivity index (χ4n) is 5.32. The number of Topliss-reactive ketones (excluding diaryl/α,β-unsaturated/α-hetero) is 1. The Bertz CT molecular complexity index is 932. The van der Waals surface area contributed by atoms with Gasteiger partial charge in [0.05, 0.1) is 30.0 Å². The van der Waals surface area contributed by atoms with Crippen LogP contribution in [-0.2, 0) is 28.6 Å². The Morgan fingerprint density at radius 3 is 2.75 bits per heavy atom. The van der Waals surface area contributed by atoms with Crippen LogP contribution in [-0.4, -0.2) is 35.5 Å². The second-order valence-electron chi connectivity index (χ2n) is 9.78. The average molecular weight is 445 g/mol. The van der Waals surface area contributed by atoms with Crippen molar-refractivity contribution in [2.45, 2.75) is 84.2 Å². The summed E-state index contributed by atoms with van der Waals surface area (Å²) in [5.74, 6) is -1.19. The number of ketones is 1. The first kappa shape index (κ1) is 22.8. The van der Waals surface area contributed by atoms with Crippen LogP contribution in [0.15, 0.2) is 34.7 Å². The molecule has 4 rings (SSSR count). The average Bonchev–Trinajstić information content (AvgIpc) is 3.12. The number of ether oxygens (including phenoxy) is 3. The highest BCUT2D eigenvalue weighted by Crippen LogP contribution is 2.59. The van der Waals surface area contributed by atoms with Crippen molar-refractivity contribution < 1.29 is 33.0 Å². The predicted molar refractivity (Wildman–Crippen MR) is 114 cm³/mol. The molecule has 3 aliphatic rings. The molecule has 174 valence electrons. The minimum Gasteiger partial charge on any atom is -0.472 e. The van der Waals surface area contributed by atoms with Gasteiger partial charge in [0.2, 0.25) is 0 Å². The minimum absolute atomic E-state index is 0.00793. The molecule has 0 unspecified atom stereocenters. The SMILES string of the molecule is C/C=C(/C)C(=O)O[C@H](C[C@@H](C)[C@H]1C[C@H](c2ccoc2)OC1=O)[C@@]1(C)C(=O)CC[C@H]2O[C@]21C. The Morgan fingerprint density at radius 2 is 2.09 bits per heavy atom. The lowest BCUT2D eigenvalue weighted by Gasteiger charge is -2.42. The van der Waals surface area contributed by atoms with Gasteiger partial charge in [0.1, 0.15) is 23.6 Å². The van der Waals surface area contributed by atoms with Crippen molar-refractivity contribution in [3.8, 4) is 0 Å². The molecule has 1 aromatic rings. The standard InChI is InChI=1S/C25H32O7/c1-6-14(2)22(27)31-21(24(4)19(26)7-8-20-25(24,5)32-20)11-15(3)17-12-18(30-23(17)28)16-9-10-29-13-16/h6,9-10,13,15,17-18,20-21H,7-8,11-12H2,1-5H3/b14-6-/t15-,17-,18-,20-,21-,24-,25-/m1/s1. The van der Waals surface area contributed by atoms with Crippen LogP contribution in [0, 0.1) is 17.3 Å². The van der Waals surface area contributed by atoms with Gasteiger partial charge in [-0.25, -0.2) is 4.79 Å². The molecule has 3 heterocycles. The largest absolute Gasteiger partial charge is 0.472 e. The topological polar surface area (TPSA) is 95.3 Å². The van der Waals surface area contributed by atoms with Crippen LogP contribution in [0.5, 0.6) is 0 Å². The smallest absolute Gasteiger partial charge is 0.333 e. The van der Waals surface area contributed by atoms with Crippen LogP contribution >= 0.6 is 0 Å². The first-order chi connectivity index (χ1) is 15.1. The van der Waals surface area contributed by atoms with Crippen LogP contribution in [0.2, 0.25) is 0 Å². The van der Waals surface area contributed by atoms with E-state index >= 15 is 0 Å². The van der Waals surface area contributed by atoms with E-state index in [-0.39, 0.29) is 35.8 Å². The lowest BCUT2D eigenvalue weighted by Crippen LogP contribution is -2.55. The molecule has 7 nitrogen and oxygen atoms in total. The molecule has 3 fully saturated rings. The highest BCUT2D eigenvalue weighted by atomic mass is 16.6. The molecule has 0 aromatic carbocycles. The van der Waals surface area contributed by atoms with Gasteiger partial charge in [-0.05, 0) is 52.5 Å². The molecule has 2 saturated heterocycles. The number of carbonyl (C=O) groups excluding carboxylic acids is 3. The number of esters is 2. The summed E-state index contributed by atoms with van der Waals surface area (Å²) in [6.07, 6.45) is 5.76. The number of hydrogen-bond donors (Lipinski definition) is 0. The molecule has 0 bridgehead atoms. The zero-order chi connectivity index (χ0) is 23.3. The zero-order valence-corrected chi connectivity index (χ0v) is 19.4. The number of cyclic esters (lactones) is 1. The lowest BCUT2D eigenvalue weighted by molar-refractivity contribution is -0.163. The van der Waals surface area contributed by atoms with Crippen molar-refractivity contribution >= 4 is 17.7 Å². The van der Waals surface area contributed by atoms with E-state index in [1.165, 1.54) is 0 Å². The first-order valence-corrected chi connectivity index (χ1v) is 11.4. The van der Waals surface area contributed by atoms with Crippen molar-refractivity contribution in [3.63, 3.8) is 0 Å². The molecular formula is C25H32O7. The molecule has 7 atom stereocenters. The predicted octanol–water partition coefficient (Wildman–Crippen LogP) is 4.31. The Labute approximate surface area is 188 Å². The maximum Gasteiger partial charge on any atom is 0.333 e. The van der Waals surface area contributed by atoms with E-state index in [2.05, 4.69) is 0 Å². The minimum atomic E-state index is -0.972. The van der Waals surface area contributed by atoms with Gasteiger partial charge in [-0.15, -0.1) is 0 Å². The van der Waals surface area contributed by atoms with E-state index in [0.717, 1.165) is 5.56 Å². The quantitative estimate of drug-likeness (QED) is 0.351. The van der Waals surface area contributed by atoms with Crippen molar-refractivity contribution in [3.05, 3.63) is 35.8 Å². The van der Waals surface area contributed by atoms with Crippen LogP contribution in [0.4, 0.5) is 0 Å². The van der Waals surface area contributed by atoms with Crippen molar-refractivity contribution in [2.24, 2.45) is 17.3 Å². The van der Waals surface area contributed by atoms with Crippen molar-refractivity contribution in [1.82, 2.24) is 0 Å². The molecule has 7 heteroatoms. The van der Waals surface area contributed by atoms with Crippen LogP contribution in [0.25, 0.3) is 0 Å². The molecule has 1 aliphatic carbocycles. The number of allylic oxidation sites excluding steroid dienone is 1. The second kappa shape index (κ2) is 8.18. The maximum absolute atomic E-state index is 13.2. The summed E-state index contributed by atoms with van der Waals surface area (Å²) in [4.78, 5) is 38.6. The van der Waals surface area contributed by atoms with E-state index in [0.29, 0.717) is 31.3 Å². The van der Waals surface area contributed by atoms with E-state index in [4.69, 9.17) is 18.6 Å². The van der Waals surface area contributed by atoms with E-state index in [1.54, 1.807) is 38.5 Å². The Kier molecular flexibility index (Phi) is 5.82. The molecule has 0 spiro atoms. The van der Waals surface area contributed by atoms with E-state index in [1.807, 2.05) is 20.8 Å². The zero-order valence-electron chi connectivity index (χ0n) is 19.4. The second-order valence-corrected chi connectivity index (χ2v) is 9.78. The highest BCUT2D eigenvalue weighted by Gasteiger charge is 2.72.